The molecule has 0 bridgehead atoms. The van der Waals surface area contributed by atoms with E-state index >= 15 is 0 Å². The first-order valence-corrected chi connectivity index (χ1v) is 7.54. The Morgan fingerprint density at radius 3 is 2.30 bits per heavy atom. The molecule has 7 nitrogen and oxygen atoms in total. The Hall–Kier alpha value is -2.44. The molecule has 0 radical (unpaired) electrons. The Labute approximate surface area is 136 Å². The van der Waals surface area contributed by atoms with E-state index in [2.05, 4.69) is 5.32 Å². The van der Waals surface area contributed by atoms with E-state index in [4.69, 9.17) is 9.47 Å². The molecule has 1 N–H and O–H groups in total. The average molecular weight is 321 g/mol. The van der Waals surface area contributed by atoms with Gasteiger partial charge in [-0.25, -0.2) is 0 Å². The number of hydrogen-bond donors (Lipinski definition) is 1. The number of carbonyl (C=O) groups excluding carboxylic acids is 2. The van der Waals surface area contributed by atoms with Crippen molar-refractivity contribution in [3.05, 3.63) is 18.2 Å². The van der Waals surface area contributed by atoms with Gasteiger partial charge >= 0.3 is 0 Å². The first-order valence-electron chi connectivity index (χ1n) is 7.54. The molecule has 23 heavy (non-hydrogen) atoms. The molecular weight excluding hydrogens is 298 g/mol. The van der Waals surface area contributed by atoms with Gasteiger partial charge in [0.1, 0.15) is 11.5 Å². The number of rotatable bonds is 5. The molecule has 1 saturated heterocycles. The minimum Gasteiger partial charge on any atom is -0.497 e. The number of amides is 2. The number of nitrogens with one attached hydrogen (secondary N) is 1. The summed E-state index contributed by atoms with van der Waals surface area (Å²) in [4.78, 5) is 27.1. The van der Waals surface area contributed by atoms with Crippen LogP contribution in [0.4, 0.5) is 5.69 Å². The molecule has 0 aromatic heterocycles. The third-order valence-electron chi connectivity index (χ3n) is 3.91. The fourth-order valence-corrected chi connectivity index (χ4v) is 2.51. The summed E-state index contributed by atoms with van der Waals surface area (Å²) in [7, 11) is 3.17. The van der Waals surface area contributed by atoms with Crippen LogP contribution >= 0.6 is 0 Å². The average Bonchev–Trinajstić information content (AvgIpc) is 2.59. The topological polar surface area (TPSA) is 71.1 Å². The van der Waals surface area contributed by atoms with Gasteiger partial charge in [0.15, 0.2) is 0 Å². The number of piperazine rings is 1. The lowest BCUT2D eigenvalue weighted by molar-refractivity contribution is -0.137. The van der Waals surface area contributed by atoms with Gasteiger partial charge in [-0.1, -0.05) is 0 Å². The number of anilines is 1. The summed E-state index contributed by atoms with van der Waals surface area (Å²) >= 11 is 0. The summed E-state index contributed by atoms with van der Waals surface area (Å²) in [5.74, 6) is 1.39. The lowest BCUT2D eigenvalue weighted by Crippen LogP contribution is -2.51. The Kier molecular flexibility index (Phi) is 5.67. The van der Waals surface area contributed by atoms with E-state index in [0.717, 1.165) is 0 Å². The summed E-state index contributed by atoms with van der Waals surface area (Å²) in [6.45, 7) is 4.02. The van der Waals surface area contributed by atoms with Crippen LogP contribution in [0.3, 0.4) is 0 Å². The molecule has 0 unspecified atom stereocenters. The van der Waals surface area contributed by atoms with Crippen molar-refractivity contribution in [2.45, 2.75) is 6.92 Å². The number of carbonyl (C=O) groups is 2. The summed E-state index contributed by atoms with van der Waals surface area (Å²) in [5.41, 5.74) is 0.711. The van der Waals surface area contributed by atoms with Crippen molar-refractivity contribution in [2.75, 3.05) is 52.3 Å². The smallest absolute Gasteiger partial charge is 0.241 e. The van der Waals surface area contributed by atoms with Gasteiger partial charge in [-0.3, -0.25) is 9.59 Å². The number of nitrogens with zero attached hydrogens (tertiary/aromatic N) is 2. The lowest BCUT2D eigenvalue weighted by Gasteiger charge is -2.34. The van der Waals surface area contributed by atoms with E-state index in [9.17, 15) is 9.59 Å². The second kappa shape index (κ2) is 7.71. The van der Waals surface area contributed by atoms with Gasteiger partial charge in [0.05, 0.1) is 26.5 Å². The molecule has 1 heterocycles. The molecule has 1 aliphatic heterocycles. The largest absolute Gasteiger partial charge is 0.497 e. The third kappa shape index (κ3) is 4.28. The number of methoxy groups -OCH3 is 2. The van der Waals surface area contributed by atoms with E-state index in [0.29, 0.717) is 43.4 Å². The zero-order valence-electron chi connectivity index (χ0n) is 13.8. The second-order valence-electron chi connectivity index (χ2n) is 5.31. The molecule has 7 heteroatoms. The molecule has 0 aliphatic carbocycles. The molecule has 1 aromatic rings. The minimum atomic E-state index is -0.00178. The molecule has 1 aromatic carbocycles. The number of hydrogen-bond acceptors (Lipinski definition) is 5. The van der Waals surface area contributed by atoms with Crippen LogP contribution in [0.2, 0.25) is 0 Å². The highest BCUT2D eigenvalue weighted by molar-refractivity contribution is 5.82. The first kappa shape index (κ1) is 16.9. The fraction of sp³-hybridized carbons (Fsp3) is 0.500. The van der Waals surface area contributed by atoms with Crippen LogP contribution < -0.4 is 14.8 Å². The fourth-order valence-electron chi connectivity index (χ4n) is 2.51. The molecular formula is C16H23N3O4. The lowest BCUT2D eigenvalue weighted by atomic mass is 10.2. The summed E-state index contributed by atoms with van der Waals surface area (Å²) < 4.78 is 10.5. The SMILES string of the molecule is COc1ccc(OC)c(NCC(=O)N2CCN(C(C)=O)CC2)c1. The van der Waals surface area contributed by atoms with Gasteiger partial charge in [-0.15, -0.1) is 0 Å². The summed E-state index contributed by atoms with van der Waals surface area (Å²) in [6, 6.07) is 5.38. The number of benzene rings is 1. The molecule has 1 fully saturated rings. The number of ether oxygens (including phenoxy) is 2. The maximum absolute atomic E-state index is 12.3. The van der Waals surface area contributed by atoms with Gasteiger partial charge in [0.2, 0.25) is 11.8 Å². The van der Waals surface area contributed by atoms with Crippen molar-refractivity contribution in [2.24, 2.45) is 0 Å². The van der Waals surface area contributed by atoms with Crippen LogP contribution in [-0.4, -0.2) is 68.6 Å². The highest BCUT2D eigenvalue weighted by Crippen LogP contribution is 2.28. The molecule has 126 valence electrons. The van der Waals surface area contributed by atoms with E-state index in [1.807, 2.05) is 0 Å². The summed E-state index contributed by atoms with van der Waals surface area (Å²) in [6.07, 6.45) is 0. The van der Waals surface area contributed by atoms with E-state index in [1.54, 1.807) is 49.1 Å². The van der Waals surface area contributed by atoms with E-state index in [-0.39, 0.29) is 18.4 Å². The Morgan fingerprint density at radius 1 is 1.09 bits per heavy atom. The predicted molar refractivity (Wildman–Crippen MR) is 86.9 cm³/mol. The zero-order valence-corrected chi connectivity index (χ0v) is 13.8. The van der Waals surface area contributed by atoms with Crippen molar-refractivity contribution in [1.82, 2.24) is 9.80 Å². The third-order valence-corrected chi connectivity index (χ3v) is 3.91. The second-order valence-corrected chi connectivity index (χ2v) is 5.31. The van der Waals surface area contributed by atoms with Gasteiger partial charge in [-0.2, -0.15) is 0 Å². The van der Waals surface area contributed by atoms with Crippen LogP contribution in [0.5, 0.6) is 11.5 Å². The Bertz CT molecular complexity index is 568. The van der Waals surface area contributed by atoms with Crippen LogP contribution in [0.25, 0.3) is 0 Å². The van der Waals surface area contributed by atoms with Crippen LogP contribution in [0, 0.1) is 0 Å². The molecule has 2 amide bonds. The van der Waals surface area contributed by atoms with Gasteiger partial charge in [0.25, 0.3) is 0 Å². The van der Waals surface area contributed by atoms with Crippen LogP contribution in [-0.2, 0) is 9.59 Å². The van der Waals surface area contributed by atoms with E-state index < -0.39 is 0 Å². The van der Waals surface area contributed by atoms with Crippen LogP contribution in [0.1, 0.15) is 6.92 Å². The molecule has 0 saturated carbocycles. The van der Waals surface area contributed by atoms with Crippen molar-refractivity contribution < 1.29 is 19.1 Å². The highest BCUT2D eigenvalue weighted by atomic mass is 16.5. The molecule has 1 aliphatic rings. The zero-order chi connectivity index (χ0) is 16.8. The predicted octanol–water partition coefficient (Wildman–Crippen LogP) is 0.806. The van der Waals surface area contributed by atoms with Gasteiger partial charge < -0.3 is 24.6 Å². The van der Waals surface area contributed by atoms with Crippen LogP contribution in [0.15, 0.2) is 18.2 Å². The monoisotopic (exact) mass is 321 g/mol. The minimum absolute atomic E-state index is 0.00178. The van der Waals surface area contributed by atoms with Gasteiger partial charge in [-0.05, 0) is 12.1 Å². The molecule has 0 spiro atoms. The maximum atomic E-state index is 12.3. The van der Waals surface area contributed by atoms with Crippen molar-refractivity contribution in [3.63, 3.8) is 0 Å². The van der Waals surface area contributed by atoms with E-state index in [1.165, 1.54) is 0 Å². The first-order chi connectivity index (χ1) is 11.0. The molecule has 2 rings (SSSR count). The van der Waals surface area contributed by atoms with Gasteiger partial charge in [0, 0.05) is 39.2 Å². The maximum Gasteiger partial charge on any atom is 0.241 e. The molecule has 0 atom stereocenters. The summed E-state index contributed by atoms with van der Waals surface area (Å²) in [5, 5.41) is 3.09. The Balaban J connectivity index is 1.91. The Morgan fingerprint density at radius 2 is 1.74 bits per heavy atom. The normalized spacial score (nSPS) is 14.4. The van der Waals surface area contributed by atoms with Crippen molar-refractivity contribution in [3.8, 4) is 11.5 Å². The quantitative estimate of drug-likeness (QED) is 0.869. The highest BCUT2D eigenvalue weighted by Gasteiger charge is 2.22. The van der Waals surface area contributed by atoms with Crippen molar-refractivity contribution >= 4 is 17.5 Å². The van der Waals surface area contributed by atoms with Crippen molar-refractivity contribution in [1.29, 1.82) is 0 Å². The standard InChI is InChI=1S/C16H23N3O4/c1-12(20)18-6-8-19(9-7-18)16(21)11-17-14-10-13(22-2)4-5-15(14)23-3/h4-5,10,17H,6-9,11H2,1-3H3.